The number of ether oxygens (including phenoxy) is 1. The van der Waals surface area contributed by atoms with Gasteiger partial charge in [0.05, 0.1) is 18.7 Å². The van der Waals surface area contributed by atoms with Crippen molar-refractivity contribution >= 4 is 5.91 Å². The number of amides is 1. The van der Waals surface area contributed by atoms with Crippen molar-refractivity contribution in [3.8, 4) is 5.75 Å². The molecule has 0 spiro atoms. The number of halogens is 3. The summed E-state index contributed by atoms with van der Waals surface area (Å²) >= 11 is 0. The fourth-order valence-electron chi connectivity index (χ4n) is 2.78. The normalized spacial score (nSPS) is 15.5. The molecule has 1 amide bonds. The van der Waals surface area contributed by atoms with Crippen LogP contribution in [0.5, 0.6) is 5.75 Å². The highest BCUT2D eigenvalue weighted by molar-refractivity contribution is 5.94. The van der Waals surface area contributed by atoms with Crippen molar-refractivity contribution in [1.29, 1.82) is 0 Å². The molecule has 0 bridgehead atoms. The summed E-state index contributed by atoms with van der Waals surface area (Å²) in [6.07, 6.45) is -2.50. The Kier molecular flexibility index (Phi) is 4.70. The summed E-state index contributed by atoms with van der Waals surface area (Å²) in [5.74, 6) is 0.518. The molecule has 1 fully saturated rings. The van der Waals surface area contributed by atoms with Crippen molar-refractivity contribution < 1.29 is 22.7 Å². The molecule has 0 heterocycles. The van der Waals surface area contributed by atoms with E-state index in [-0.39, 0.29) is 11.6 Å². The molecule has 1 aliphatic carbocycles. The number of benzene rings is 2. The van der Waals surface area contributed by atoms with E-state index in [4.69, 9.17) is 4.74 Å². The second kappa shape index (κ2) is 6.78. The second-order valence-electron chi connectivity index (χ2n) is 6.14. The Morgan fingerprint density at radius 1 is 1.16 bits per heavy atom. The van der Waals surface area contributed by atoms with Crippen molar-refractivity contribution in [2.24, 2.45) is 5.92 Å². The molecule has 6 heteroatoms. The van der Waals surface area contributed by atoms with E-state index in [0.29, 0.717) is 11.7 Å². The summed E-state index contributed by atoms with van der Waals surface area (Å²) in [5.41, 5.74) is 0.102. The summed E-state index contributed by atoms with van der Waals surface area (Å²) in [4.78, 5) is 12.5. The maximum Gasteiger partial charge on any atom is 0.416 e. The summed E-state index contributed by atoms with van der Waals surface area (Å²) in [6.45, 7) is 0. The van der Waals surface area contributed by atoms with Gasteiger partial charge in [-0.1, -0.05) is 18.2 Å². The van der Waals surface area contributed by atoms with Gasteiger partial charge >= 0.3 is 6.18 Å². The standard InChI is InChI=1S/C19H18F3NO2/c1-25-16-9-7-13(8-10-16)17(12-5-6-12)23-18(24)14-3-2-4-15(11-14)19(20,21)22/h2-4,7-12,17H,5-6H2,1H3,(H,23,24). The SMILES string of the molecule is COc1ccc(C(NC(=O)c2cccc(C(F)(F)F)c2)C2CC2)cc1. The van der Waals surface area contributed by atoms with E-state index in [0.717, 1.165) is 30.5 Å². The van der Waals surface area contributed by atoms with Crippen LogP contribution in [-0.4, -0.2) is 13.0 Å². The van der Waals surface area contributed by atoms with Crippen LogP contribution in [0.15, 0.2) is 48.5 Å². The first-order chi connectivity index (χ1) is 11.9. The first kappa shape index (κ1) is 17.3. The molecular formula is C19H18F3NO2. The van der Waals surface area contributed by atoms with Crippen LogP contribution in [-0.2, 0) is 6.18 Å². The summed E-state index contributed by atoms with van der Waals surface area (Å²) in [5, 5.41) is 2.88. The number of hydrogen-bond acceptors (Lipinski definition) is 2. The van der Waals surface area contributed by atoms with E-state index in [1.54, 1.807) is 19.2 Å². The van der Waals surface area contributed by atoms with E-state index in [1.165, 1.54) is 12.1 Å². The number of carbonyl (C=O) groups excluding carboxylic acids is 1. The minimum absolute atomic E-state index is 0.00832. The molecule has 1 atom stereocenters. The van der Waals surface area contributed by atoms with Crippen LogP contribution >= 0.6 is 0 Å². The molecule has 3 rings (SSSR count). The zero-order valence-electron chi connectivity index (χ0n) is 13.6. The molecule has 1 aliphatic rings. The molecule has 2 aromatic rings. The number of hydrogen-bond donors (Lipinski definition) is 1. The lowest BCUT2D eigenvalue weighted by atomic mass is 10.0. The van der Waals surface area contributed by atoms with Gasteiger partial charge in [0.25, 0.3) is 5.91 Å². The highest BCUT2D eigenvalue weighted by atomic mass is 19.4. The number of carbonyl (C=O) groups is 1. The Balaban J connectivity index is 1.79. The van der Waals surface area contributed by atoms with Crippen molar-refractivity contribution in [2.45, 2.75) is 25.1 Å². The quantitative estimate of drug-likeness (QED) is 0.857. The Bertz CT molecular complexity index is 752. The zero-order valence-corrected chi connectivity index (χ0v) is 13.6. The van der Waals surface area contributed by atoms with Gasteiger partial charge in [-0.05, 0) is 54.7 Å². The van der Waals surface area contributed by atoms with Crippen LogP contribution in [0.4, 0.5) is 13.2 Å². The van der Waals surface area contributed by atoms with Gasteiger partial charge < -0.3 is 10.1 Å². The average Bonchev–Trinajstić information content (AvgIpc) is 3.44. The molecule has 0 aromatic heterocycles. The van der Waals surface area contributed by atoms with Gasteiger partial charge in [-0.3, -0.25) is 4.79 Å². The Hall–Kier alpha value is -2.50. The molecular weight excluding hydrogens is 331 g/mol. The monoisotopic (exact) mass is 349 g/mol. The minimum Gasteiger partial charge on any atom is -0.497 e. The number of methoxy groups -OCH3 is 1. The zero-order chi connectivity index (χ0) is 18.0. The van der Waals surface area contributed by atoms with Crippen molar-refractivity contribution in [2.75, 3.05) is 7.11 Å². The van der Waals surface area contributed by atoms with E-state index in [2.05, 4.69) is 5.32 Å². The smallest absolute Gasteiger partial charge is 0.416 e. The van der Waals surface area contributed by atoms with Crippen LogP contribution in [0.2, 0.25) is 0 Å². The molecule has 1 saturated carbocycles. The largest absolute Gasteiger partial charge is 0.497 e. The molecule has 1 N–H and O–H groups in total. The van der Waals surface area contributed by atoms with Gasteiger partial charge in [0.2, 0.25) is 0 Å². The predicted octanol–water partition coefficient (Wildman–Crippen LogP) is 4.60. The third kappa shape index (κ3) is 4.13. The predicted molar refractivity (Wildman–Crippen MR) is 87.4 cm³/mol. The fourth-order valence-corrected chi connectivity index (χ4v) is 2.78. The first-order valence-electron chi connectivity index (χ1n) is 8.00. The lowest BCUT2D eigenvalue weighted by molar-refractivity contribution is -0.137. The highest BCUT2D eigenvalue weighted by Crippen LogP contribution is 2.41. The molecule has 1 unspecified atom stereocenters. The molecule has 2 aromatic carbocycles. The van der Waals surface area contributed by atoms with Gasteiger partial charge in [-0.2, -0.15) is 13.2 Å². The van der Waals surface area contributed by atoms with Crippen LogP contribution in [0, 0.1) is 5.92 Å². The Labute approximate surface area is 143 Å². The van der Waals surface area contributed by atoms with Crippen molar-refractivity contribution in [1.82, 2.24) is 5.32 Å². The summed E-state index contributed by atoms with van der Waals surface area (Å²) in [6, 6.07) is 11.6. The highest BCUT2D eigenvalue weighted by Gasteiger charge is 2.34. The van der Waals surface area contributed by atoms with Crippen molar-refractivity contribution in [3.05, 3.63) is 65.2 Å². The van der Waals surface area contributed by atoms with E-state index in [1.807, 2.05) is 12.1 Å². The molecule has 132 valence electrons. The number of rotatable bonds is 5. The third-order valence-electron chi connectivity index (χ3n) is 4.31. The summed E-state index contributed by atoms with van der Waals surface area (Å²) < 4.78 is 43.6. The van der Waals surface area contributed by atoms with Gasteiger partial charge in [-0.25, -0.2) is 0 Å². The van der Waals surface area contributed by atoms with Gasteiger partial charge in [-0.15, -0.1) is 0 Å². The lowest BCUT2D eigenvalue weighted by Gasteiger charge is -2.19. The minimum atomic E-state index is -4.47. The van der Waals surface area contributed by atoms with E-state index >= 15 is 0 Å². The molecule has 3 nitrogen and oxygen atoms in total. The van der Waals surface area contributed by atoms with E-state index in [9.17, 15) is 18.0 Å². The average molecular weight is 349 g/mol. The first-order valence-corrected chi connectivity index (χ1v) is 8.00. The molecule has 0 saturated heterocycles. The van der Waals surface area contributed by atoms with Crippen LogP contribution < -0.4 is 10.1 Å². The van der Waals surface area contributed by atoms with Gasteiger partial charge in [0.1, 0.15) is 5.75 Å². The number of nitrogens with one attached hydrogen (secondary N) is 1. The molecule has 0 radical (unpaired) electrons. The van der Waals surface area contributed by atoms with Crippen LogP contribution in [0.25, 0.3) is 0 Å². The second-order valence-corrected chi connectivity index (χ2v) is 6.14. The van der Waals surface area contributed by atoms with E-state index < -0.39 is 17.6 Å². The third-order valence-corrected chi connectivity index (χ3v) is 4.31. The summed E-state index contributed by atoms with van der Waals surface area (Å²) in [7, 11) is 1.57. The van der Waals surface area contributed by atoms with Crippen LogP contribution in [0.1, 0.15) is 40.4 Å². The Morgan fingerprint density at radius 2 is 1.84 bits per heavy atom. The molecule has 25 heavy (non-hydrogen) atoms. The maximum absolute atomic E-state index is 12.8. The van der Waals surface area contributed by atoms with Crippen molar-refractivity contribution in [3.63, 3.8) is 0 Å². The maximum atomic E-state index is 12.8. The van der Waals surface area contributed by atoms with Gasteiger partial charge in [0.15, 0.2) is 0 Å². The Morgan fingerprint density at radius 3 is 2.40 bits per heavy atom. The topological polar surface area (TPSA) is 38.3 Å². The van der Waals surface area contributed by atoms with Crippen LogP contribution in [0.3, 0.4) is 0 Å². The number of alkyl halides is 3. The lowest BCUT2D eigenvalue weighted by Crippen LogP contribution is -2.30. The molecule has 0 aliphatic heterocycles. The van der Waals surface area contributed by atoms with Gasteiger partial charge in [0, 0.05) is 5.56 Å². The fraction of sp³-hybridized carbons (Fsp3) is 0.316.